The van der Waals surface area contributed by atoms with E-state index in [2.05, 4.69) is 0 Å². The maximum Gasteiger partial charge on any atom is 0.334 e. The van der Waals surface area contributed by atoms with Crippen LogP contribution in [-0.4, -0.2) is 79.2 Å². The number of rotatable bonds is 3. The zero-order valence-electron chi connectivity index (χ0n) is 23.0. The minimum atomic E-state index is -1.60. The van der Waals surface area contributed by atoms with E-state index in [-0.39, 0.29) is 43.0 Å². The van der Waals surface area contributed by atoms with Gasteiger partial charge in [-0.05, 0) is 70.8 Å². The molecule has 2 saturated heterocycles. The highest BCUT2D eigenvalue weighted by Crippen LogP contribution is 2.69. The monoisotopic (exact) mass is 534 g/mol. The van der Waals surface area contributed by atoms with E-state index in [0.717, 1.165) is 0 Å². The molecule has 0 amide bonds. The average Bonchev–Trinajstić information content (AvgIpc) is 3.40. The summed E-state index contributed by atoms with van der Waals surface area (Å²) in [6.07, 6.45) is 0.770. The summed E-state index contributed by atoms with van der Waals surface area (Å²) in [6, 6.07) is 0. The Morgan fingerprint density at radius 1 is 1.08 bits per heavy atom. The summed E-state index contributed by atoms with van der Waals surface area (Å²) in [4.78, 5) is 24.4. The van der Waals surface area contributed by atoms with Crippen molar-refractivity contribution in [2.24, 2.45) is 29.1 Å². The van der Waals surface area contributed by atoms with Gasteiger partial charge in [-0.3, -0.25) is 4.79 Å². The molecule has 212 valence electrons. The van der Waals surface area contributed by atoms with Gasteiger partial charge in [0, 0.05) is 29.2 Å². The van der Waals surface area contributed by atoms with Crippen LogP contribution in [0.3, 0.4) is 0 Å². The van der Waals surface area contributed by atoms with Crippen LogP contribution in [0.2, 0.25) is 0 Å². The molecular formula is C29H42O9. The molecular weight excluding hydrogens is 492 g/mol. The van der Waals surface area contributed by atoms with E-state index in [1.807, 2.05) is 27.7 Å². The Bertz CT molecular complexity index is 1090. The lowest BCUT2D eigenvalue weighted by Crippen LogP contribution is -2.67. The number of carbonyl (C=O) groups is 2. The molecule has 3 aliphatic carbocycles. The van der Waals surface area contributed by atoms with Crippen LogP contribution in [0.15, 0.2) is 11.6 Å². The Hall–Kier alpha value is -1.52. The Kier molecular flexibility index (Phi) is 5.64. The van der Waals surface area contributed by atoms with Crippen molar-refractivity contribution in [2.75, 3.05) is 0 Å². The van der Waals surface area contributed by atoms with Gasteiger partial charge in [0.1, 0.15) is 23.4 Å². The third-order valence-electron chi connectivity index (χ3n) is 11.9. The number of carbonyl (C=O) groups excluding carboxylic acids is 2. The highest BCUT2D eigenvalue weighted by atomic mass is 16.6. The van der Waals surface area contributed by atoms with E-state index >= 15 is 0 Å². The molecule has 6 aliphatic rings. The van der Waals surface area contributed by atoms with Crippen molar-refractivity contribution in [3.63, 3.8) is 0 Å². The van der Waals surface area contributed by atoms with Crippen molar-refractivity contribution in [1.82, 2.24) is 0 Å². The summed E-state index contributed by atoms with van der Waals surface area (Å²) in [7, 11) is 0. The van der Waals surface area contributed by atoms with Gasteiger partial charge >= 0.3 is 11.9 Å². The van der Waals surface area contributed by atoms with Crippen molar-refractivity contribution >= 4 is 11.9 Å². The first-order valence-electron chi connectivity index (χ1n) is 14.2. The van der Waals surface area contributed by atoms with E-state index in [0.29, 0.717) is 31.3 Å². The summed E-state index contributed by atoms with van der Waals surface area (Å²) >= 11 is 0. The molecule has 12 atom stereocenters. The second-order valence-corrected chi connectivity index (χ2v) is 14.0. The number of fused-ring (bicyclic) bond motifs is 3. The molecule has 0 radical (unpaired) electrons. The van der Waals surface area contributed by atoms with Crippen LogP contribution in [-0.2, 0) is 23.8 Å². The van der Waals surface area contributed by atoms with Gasteiger partial charge in [0.25, 0.3) is 0 Å². The number of aliphatic hydroxyl groups is 4. The maximum atomic E-state index is 12.5. The summed E-state index contributed by atoms with van der Waals surface area (Å²) < 4.78 is 17.7. The fourth-order valence-corrected chi connectivity index (χ4v) is 9.99. The Morgan fingerprint density at radius 3 is 2.42 bits per heavy atom. The molecule has 1 spiro atoms. The number of aliphatic hydroxyl groups excluding tert-OH is 2. The minimum absolute atomic E-state index is 0.141. The van der Waals surface area contributed by atoms with Crippen molar-refractivity contribution in [3.8, 4) is 0 Å². The van der Waals surface area contributed by atoms with Gasteiger partial charge in [-0.1, -0.05) is 13.8 Å². The molecule has 3 aliphatic heterocycles. The van der Waals surface area contributed by atoms with Crippen LogP contribution in [0.5, 0.6) is 0 Å². The first-order valence-corrected chi connectivity index (χ1v) is 14.2. The molecule has 38 heavy (non-hydrogen) atoms. The largest absolute Gasteiger partial charge is 0.456 e. The van der Waals surface area contributed by atoms with Crippen LogP contribution in [0, 0.1) is 29.1 Å². The van der Waals surface area contributed by atoms with Gasteiger partial charge in [-0.25, -0.2) is 4.79 Å². The highest BCUT2D eigenvalue weighted by Gasteiger charge is 2.76. The molecule has 4 N–H and O–H groups in total. The first kappa shape index (κ1) is 26.7. The van der Waals surface area contributed by atoms with E-state index in [4.69, 9.17) is 14.2 Å². The van der Waals surface area contributed by atoms with Gasteiger partial charge in [-0.2, -0.15) is 0 Å². The summed E-state index contributed by atoms with van der Waals surface area (Å²) in [5.41, 5.74) is -4.79. The lowest BCUT2D eigenvalue weighted by atomic mass is 9.50. The van der Waals surface area contributed by atoms with Gasteiger partial charge < -0.3 is 34.6 Å². The molecule has 9 nitrogen and oxygen atoms in total. The van der Waals surface area contributed by atoms with E-state index < -0.39 is 64.1 Å². The quantitative estimate of drug-likeness (QED) is 0.399. The van der Waals surface area contributed by atoms with Gasteiger partial charge in [0.2, 0.25) is 0 Å². The van der Waals surface area contributed by atoms with Crippen molar-refractivity contribution in [2.45, 2.75) is 126 Å². The Balaban J connectivity index is 1.34. The second-order valence-electron chi connectivity index (χ2n) is 14.0. The molecule has 6 rings (SSSR count). The predicted molar refractivity (Wildman–Crippen MR) is 133 cm³/mol. The summed E-state index contributed by atoms with van der Waals surface area (Å²) in [5.74, 6) is -2.20. The van der Waals surface area contributed by atoms with E-state index in [9.17, 15) is 30.0 Å². The lowest BCUT2D eigenvalue weighted by molar-refractivity contribution is -0.254. The molecule has 0 aromatic rings. The molecule has 9 heteroatoms. The second kappa shape index (κ2) is 8.03. The zero-order chi connectivity index (χ0) is 27.6. The molecule has 3 heterocycles. The average molecular weight is 535 g/mol. The molecule has 0 unspecified atom stereocenters. The molecule has 5 fully saturated rings. The molecule has 0 aromatic carbocycles. The normalized spacial score (nSPS) is 52.6. The molecule has 0 bridgehead atoms. The predicted octanol–water partition coefficient (Wildman–Crippen LogP) is 1.78. The van der Waals surface area contributed by atoms with Gasteiger partial charge in [0.05, 0.1) is 29.8 Å². The van der Waals surface area contributed by atoms with Crippen molar-refractivity contribution < 1.29 is 44.2 Å². The van der Waals surface area contributed by atoms with Gasteiger partial charge in [0.15, 0.2) is 0 Å². The van der Waals surface area contributed by atoms with Crippen LogP contribution in [0.4, 0.5) is 0 Å². The smallest absolute Gasteiger partial charge is 0.334 e. The third kappa shape index (κ3) is 3.22. The number of hydrogen-bond acceptors (Lipinski definition) is 9. The van der Waals surface area contributed by atoms with Crippen LogP contribution in [0.25, 0.3) is 0 Å². The van der Waals surface area contributed by atoms with E-state index in [1.54, 1.807) is 13.0 Å². The standard InChI is InChI=1S/C29H42O9/c1-14-10-17(36-24(14)33)23(32)15(2)16-11-20(30)29(35)19-7-6-18-25(3,4)37-21-12-22(31)38-28(18,21)13-27(19,34)9-8-26(16,29)5/h10,15-21,23,30,32,34-35H,6-9,11-13H2,1-5H3/t15-,16+,17+,18-,19-,20-,21-,23-,26+,27-,28+,29+/m1/s1. The first-order chi connectivity index (χ1) is 17.6. The number of cyclic esters (lactones) is 1. The topological polar surface area (TPSA) is 143 Å². The van der Waals surface area contributed by atoms with Crippen LogP contribution < -0.4 is 0 Å². The number of ether oxygens (including phenoxy) is 3. The third-order valence-corrected chi connectivity index (χ3v) is 11.9. The maximum absolute atomic E-state index is 12.5. The van der Waals surface area contributed by atoms with Crippen molar-refractivity contribution in [3.05, 3.63) is 11.6 Å². The minimum Gasteiger partial charge on any atom is -0.456 e. The summed E-state index contributed by atoms with van der Waals surface area (Å²) in [5, 5.41) is 47.6. The van der Waals surface area contributed by atoms with Crippen LogP contribution >= 0.6 is 0 Å². The zero-order valence-corrected chi connectivity index (χ0v) is 23.0. The lowest BCUT2D eigenvalue weighted by Gasteiger charge is -2.59. The van der Waals surface area contributed by atoms with Gasteiger partial charge in [-0.15, -0.1) is 0 Å². The van der Waals surface area contributed by atoms with E-state index in [1.165, 1.54) is 0 Å². The number of esters is 2. The Morgan fingerprint density at radius 2 is 1.76 bits per heavy atom. The fourth-order valence-electron chi connectivity index (χ4n) is 9.99. The number of hydrogen-bond donors (Lipinski definition) is 4. The SMILES string of the molecule is CC1=C[C@@H]([C@H](O)[C@H](C)[C@@H]2C[C@@H](O)[C@@]3(O)[C@@H]4CC[C@@H]5C(C)(C)O[C@@H]6CC(=O)O[C@@]56C[C@]4(O)CC[C@@]23C)OC1=O. The van der Waals surface area contributed by atoms with Crippen LogP contribution in [0.1, 0.15) is 79.6 Å². The highest BCUT2D eigenvalue weighted by molar-refractivity contribution is 5.90. The summed E-state index contributed by atoms with van der Waals surface area (Å²) in [6.45, 7) is 9.50. The van der Waals surface area contributed by atoms with Crippen molar-refractivity contribution in [1.29, 1.82) is 0 Å². The Labute approximate surface area is 223 Å². The fraction of sp³-hybridized carbons (Fsp3) is 0.862. The molecule has 3 saturated carbocycles. The molecule has 0 aromatic heterocycles.